The molecule has 0 fully saturated rings. The molecule has 0 radical (unpaired) electrons. The number of aryl methyl sites for hydroxylation is 1. The molecule has 1 aromatic heterocycles. The molecule has 0 atom stereocenters. The number of nitrogens with one attached hydrogen (secondary N) is 1. The molecule has 2 N–H and O–H groups in total. The van der Waals surface area contributed by atoms with Crippen molar-refractivity contribution in [3.05, 3.63) is 42.0 Å². The highest BCUT2D eigenvalue weighted by molar-refractivity contribution is 5.86. The molecule has 0 aromatic carbocycles. The van der Waals surface area contributed by atoms with Crippen LogP contribution in [0.5, 0.6) is 0 Å². The zero-order chi connectivity index (χ0) is 19.4. The van der Waals surface area contributed by atoms with Gasteiger partial charge in [-0.1, -0.05) is 45.4 Å². The van der Waals surface area contributed by atoms with Gasteiger partial charge in [-0.2, -0.15) is 0 Å². The Bertz CT molecular complexity index is 624. The Balaban J connectivity index is 2.95. The Hall–Kier alpha value is -2.18. The van der Waals surface area contributed by atoms with Crippen molar-refractivity contribution in [3.8, 4) is 0 Å². The van der Waals surface area contributed by atoms with Gasteiger partial charge in [-0.05, 0) is 38.9 Å². The lowest BCUT2D eigenvalue weighted by atomic mass is 10.2. The van der Waals surface area contributed by atoms with Crippen LogP contribution in [0.25, 0.3) is 12.3 Å². The molecule has 0 spiro atoms. The summed E-state index contributed by atoms with van der Waals surface area (Å²) in [5, 5.41) is 8.47. The van der Waals surface area contributed by atoms with Crippen LogP contribution in [0.1, 0.15) is 56.7 Å². The maximum absolute atomic E-state index is 11.0. The van der Waals surface area contributed by atoms with E-state index in [0.717, 1.165) is 36.8 Å². The van der Waals surface area contributed by atoms with Crippen LogP contribution < -0.4 is 5.48 Å². The lowest BCUT2D eigenvalue weighted by Crippen LogP contribution is -2.27. The number of rotatable bonds is 12. The minimum absolute atomic E-state index is 0.568. The predicted molar refractivity (Wildman–Crippen MR) is 107 cm³/mol. The maximum Gasteiger partial charge on any atom is 0.267 e. The van der Waals surface area contributed by atoms with Crippen molar-refractivity contribution >= 4 is 18.2 Å². The number of hydroxylamine groups is 1. The van der Waals surface area contributed by atoms with Crippen LogP contribution in [-0.4, -0.2) is 38.7 Å². The highest BCUT2D eigenvalue weighted by Gasteiger charge is 2.14. The van der Waals surface area contributed by atoms with Gasteiger partial charge >= 0.3 is 0 Å². The van der Waals surface area contributed by atoms with Gasteiger partial charge in [-0.15, -0.1) is 0 Å². The van der Waals surface area contributed by atoms with Gasteiger partial charge in [-0.3, -0.25) is 14.9 Å². The number of carbonyl (C=O) groups excluding carboxylic acids is 1. The summed E-state index contributed by atoms with van der Waals surface area (Å²) in [6.45, 7) is 13.4. The minimum atomic E-state index is -0.568. The smallest absolute Gasteiger partial charge is 0.267 e. The first-order chi connectivity index (χ1) is 12.6. The molecule has 6 heteroatoms. The summed E-state index contributed by atoms with van der Waals surface area (Å²) >= 11 is 0. The highest BCUT2D eigenvalue weighted by atomic mass is 16.5. The molecule has 0 bridgehead atoms. The molecular formula is C20H32N4O2. The highest BCUT2D eigenvalue weighted by Crippen LogP contribution is 2.17. The van der Waals surface area contributed by atoms with Crippen molar-refractivity contribution < 1.29 is 10.0 Å². The van der Waals surface area contributed by atoms with Crippen LogP contribution in [0.4, 0.5) is 0 Å². The van der Waals surface area contributed by atoms with E-state index >= 15 is 0 Å². The molecule has 1 aromatic rings. The standard InChI is InChI=1S/C20H32N4O2/c1-5-8-14-23(15-9-6-2)16-18-17(4)21-19(24(18)7-3)12-10-11-13-20(25)22-26/h7,10-13,26H,3,5-6,8-9,14-16H2,1-2,4H3,(H,22,25). The van der Waals surface area contributed by atoms with Crippen molar-refractivity contribution in [2.75, 3.05) is 13.1 Å². The Kier molecular flexibility index (Phi) is 10.3. The number of aromatic nitrogens is 2. The molecular weight excluding hydrogens is 328 g/mol. The third-order valence-electron chi connectivity index (χ3n) is 4.16. The van der Waals surface area contributed by atoms with Gasteiger partial charge in [0.2, 0.25) is 0 Å². The number of allylic oxidation sites excluding steroid dienone is 2. The molecule has 0 unspecified atom stereocenters. The molecule has 6 nitrogen and oxygen atoms in total. The number of nitrogens with zero attached hydrogens (tertiary/aromatic N) is 3. The maximum atomic E-state index is 11.0. The lowest BCUT2D eigenvalue weighted by molar-refractivity contribution is -0.124. The van der Waals surface area contributed by atoms with Crippen LogP contribution in [0, 0.1) is 6.92 Å². The SMILES string of the molecule is C=Cn1c(C=CC=CC(=O)NO)nc(C)c1CN(CCCC)CCCC. The first kappa shape index (κ1) is 21.9. The van der Waals surface area contributed by atoms with Crippen LogP contribution in [0.2, 0.25) is 0 Å². The van der Waals surface area contributed by atoms with Gasteiger partial charge in [0.15, 0.2) is 0 Å². The Morgan fingerprint density at radius 3 is 2.46 bits per heavy atom. The summed E-state index contributed by atoms with van der Waals surface area (Å²) in [5.41, 5.74) is 3.68. The Morgan fingerprint density at radius 1 is 1.27 bits per heavy atom. The van der Waals surface area contributed by atoms with Gasteiger partial charge < -0.3 is 4.57 Å². The number of hydrogen-bond acceptors (Lipinski definition) is 4. The molecule has 0 aliphatic heterocycles. The van der Waals surface area contributed by atoms with E-state index in [1.807, 2.05) is 17.6 Å². The van der Waals surface area contributed by atoms with Crippen LogP contribution in [0.15, 0.2) is 24.8 Å². The van der Waals surface area contributed by atoms with Crippen LogP contribution >= 0.6 is 0 Å². The van der Waals surface area contributed by atoms with Gasteiger partial charge in [0.1, 0.15) is 5.82 Å². The van der Waals surface area contributed by atoms with E-state index in [1.165, 1.54) is 31.8 Å². The molecule has 1 amide bonds. The third-order valence-corrected chi connectivity index (χ3v) is 4.16. The second-order valence-electron chi connectivity index (χ2n) is 6.23. The topological polar surface area (TPSA) is 70.4 Å². The first-order valence-electron chi connectivity index (χ1n) is 9.28. The molecule has 1 rings (SSSR count). The fourth-order valence-electron chi connectivity index (χ4n) is 2.68. The van der Waals surface area contributed by atoms with E-state index in [-0.39, 0.29) is 0 Å². The summed E-state index contributed by atoms with van der Waals surface area (Å²) in [4.78, 5) is 18.1. The summed E-state index contributed by atoms with van der Waals surface area (Å²) in [6, 6.07) is 0. The van der Waals surface area contributed by atoms with Gasteiger partial charge in [0.05, 0.1) is 11.4 Å². The van der Waals surface area contributed by atoms with Crippen molar-refractivity contribution in [3.63, 3.8) is 0 Å². The summed E-state index contributed by atoms with van der Waals surface area (Å²) in [6.07, 6.45) is 12.9. The fraction of sp³-hybridized carbons (Fsp3) is 0.500. The van der Waals surface area contributed by atoms with Gasteiger partial charge in [0.25, 0.3) is 5.91 Å². The third kappa shape index (κ3) is 6.98. The van der Waals surface area contributed by atoms with Crippen LogP contribution in [0.3, 0.4) is 0 Å². The van der Waals surface area contributed by atoms with Crippen molar-refractivity contribution in [1.29, 1.82) is 0 Å². The molecule has 144 valence electrons. The zero-order valence-corrected chi connectivity index (χ0v) is 16.2. The average Bonchev–Trinajstić information content (AvgIpc) is 2.95. The predicted octanol–water partition coefficient (Wildman–Crippen LogP) is 3.77. The average molecular weight is 361 g/mol. The first-order valence-corrected chi connectivity index (χ1v) is 9.28. The summed E-state index contributed by atoms with van der Waals surface area (Å²) < 4.78 is 2.00. The largest absolute Gasteiger partial charge is 0.303 e. The number of hydrogen-bond donors (Lipinski definition) is 2. The molecule has 0 saturated carbocycles. The Morgan fingerprint density at radius 2 is 1.92 bits per heavy atom. The van der Waals surface area contributed by atoms with E-state index in [4.69, 9.17) is 5.21 Å². The summed E-state index contributed by atoms with van der Waals surface area (Å²) in [7, 11) is 0. The number of carbonyl (C=O) groups is 1. The molecule has 26 heavy (non-hydrogen) atoms. The van der Waals surface area contributed by atoms with E-state index in [9.17, 15) is 4.79 Å². The van der Waals surface area contributed by atoms with E-state index < -0.39 is 5.91 Å². The molecule has 1 heterocycles. The molecule has 0 aliphatic rings. The fourth-order valence-corrected chi connectivity index (χ4v) is 2.68. The Labute approximate surface area is 156 Å². The molecule has 0 saturated heterocycles. The van der Waals surface area contributed by atoms with Crippen molar-refractivity contribution in [2.45, 2.75) is 53.0 Å². The second-order valence-corrected chi connectivity index (χ2v) is 6.23. The van der Waals surface area contributed by atoms with E-state index in [1.54, 1.807) is 23.8 Å². The van der Waals surface area contributed by atoms with E-state index in [0.29, 0.717) is 0 Å². The lowest BCUT2D eigenvalue weighted by Gasteiger charge is -2.22. The van der Waals surface area contributed by atoms with Gasteiger partial charge in [0, 0.05) is 18.8 Å². The monoisotopic (exact) mass is 360 g/mol. The quantitative estimate of drug-likeness (QED) is 0.258. The zero-order valence-electron chi connectivity index (χ0n) is 16.2. The van der Waals surface area contributed by atoms with Crippen LogP contribution in [-0.2, 0) is 11.3 Å². The number of imidazole rings is 1. The second kappa shape index (κ2) is 12.2. The van der Waals surface area contributed by atoms with Crippen molar-refractivity contribution in [2.24, 2.45) is 0 Å². The summed E-state index contributed by atoms with van der Waals surface area (Å²) in [5.74, 6) is 0.202. The number of unbranched alkanes of at least 4 members (excludes halogenated alkanes) is 2. The van der Waals surface area contributed by atoms with E-state index in [2.05, 4.69) is 30.3 Å². The normalized spacial score (nSPS) is 11.7. The minimum Gasteiger partial charge on any atom is -0.303 e. The van der Waals surface area contributed by atoms with Crippen molar-refractivity contribution in [1.82, 2.24) is 19.9 Å². The number of amides is 1. The molecule has 0 aliphatic carbocycles. The van der Waals surface area contributed by atoms with Gasteiger partial charge in [-0.25, -0.2) is 10.5 Å².